The molecule has 0 bridgehead atoms. The van der Waals surface area contributed by atoms with Crippen LogP contribution in [-0.4, -0.2) is 62.6 Å². The molecule has 1 amide bonds. The van der Waals surface area contributed by atoms with Crippen molar-refractivity contribution in [2.24, 2.45) is 0 Å². The maximum Gasteiger partial charge on any atom is 0.416 e. The predicted octanol–water partition coefficient (Wildman–Crippen LogP) is 3.30. The molecule has 0 atom stereocenters. The maximum absolute atomic E-state index is 13.3. The van der Waals surface area contributed by atoms with Gasteiger partial charge in [0, 0.05) is 31.0 Å². The van der Waals surface area contributed by atoms with Crippen LogP contribution in [0.1, 0.15) is 5.56 Å². The number of halogens is 3. The summed E-state index contributed by atoms with van der Waals surface area (Å²) in [5.74, 6) is 0.341. The normalized spacial score (nSPS) is 14.6. The van der Waals surface area contributed by atoms with Crippen molar-refractivity contribution >= 4 is 17.7 Å². The lowest BCUT2D eigenvalue weighted by Gasteiger charge is -2.26. The number of hydrogen-bond donors (Lipinski definition) is 0. The van der Waals surface area contributed by atoms with E-state index >= 15 is 0 Å². The summed E-state index contributed by atoms with van der Waals surface area (Å²) >= 11 is 1.13. The highest BCUT2D eigenvalue weighted by molar-refractivity contribution is 7.99. The van der Waals surface area contributed by atoms with Crippen LogP contribution in [0, 0.1) is 0 Å². The average Bonchev–Trinajstić information content (AvgIpc) is 3.22. The van der Waals surface area contributed by atoms with Crippen molar-refractivity contribution in [1.29, 1.82) is 0 Å². The summed E-state index contributed by atoms with van der Waals surface area (Å²) in [6, 6.07) is 8.37. The molecule has 0 spiro atoms. The van der Waals surface area contributed by atoms with Crippen LogP contribution in [0.15, 0.2) is 53.9 Å². The molecule has 11 heteroatoms. The number of benzene rings is 1. The lowest BCUT2D eigenvalue weighted by Crippen LogP contribution is -2.41. The van der Waals surface area contributed by atoms with Crippen LogP contribution in [0.4, 0.5) is 13.2 Å². The summed E-state index contributed by atoms with van der Waals surface area (Å²) < 4.78 is 46.6. The van der Waals surface area contributed by atoms with Crippen molar-refractivity contribution in [3.05, 3.63) is 54.4 Å². The topological polar surface area (TPSA) is 73.1 Å². The second-order valence-corrected chi connectivity index (χ2v) is 7.66. The Kier molecular flexibility index (Phi) is 6.23. The molecular weight excluding hydrogens is 431 g/mol. The van der Waals surface area contributed by atoms with Crippen LogP contribution in [-0.2, 0) is 15.7 Å². The van der Waals surface area contributed by atoms with E-state index in [1.54, 1.807) is 35.5 Å². The number of thioether (sulfide) groups is 1. The van der Waals surface area contributed by atoms with E-state index in [-0.39, 0.29) is 17.3 Å². The molecule has 1 aliphatic rings. The lowest BCUT2D eigenvalue weighted by molar-refractivity contribution is -0.137. The smallest absolute Gasteiger partial charge is 0.378 e. The second kappa shape index (κ2) is 9.06. The molecular formula is C20H18F3N5O2S. The molecule has 0 N–H and O–H groups in total. The van der Waals surface area contributed by atoms with Gasteiger partial charge in [-0.3, -0.25) is 14.3 Å². The highest BCUT2D eigenvalue weighted by Gasteiger charge is 2.31. The van der Waals surface area contributed by atoms with Gasteiger partial charge in [0.2, 0.25) is 5.91 Å². The Labute approximate surface area is 180 Å². The first kappa shape index (κ1) is 21.3. The molecule has 1 aliphatic heterocycles. The minimum atomic E-state index is -4.49. The molecule has 1 saturated heterocycles. The molecule has 2 aromatic heterocycles. The standard InChI is InChI=1S/C20H18F3N5O2S/c21-20(22,23)15-4-1-5-16(11-15)28-18(14-3-2-6-24-12-14)25-26-19(28)31-13-17(29)27-7-9-30-10-8-27/h1-6,11-12H,7-10,13H2. The number of aromatic nitrogens is 4. The molecule has 0 unspecified atom stereocenters. The number of carbonyl (C=O) groups excluding carboxylic acids is 1. The van der Waals surface area contributed by atoms with Gasteiger partial charge in [-0.25, -0.2) is 0 Å². The first-order chi connectivity index (χ1) is 14.9. The van der Waals surface area contributed by atoms with Gasteiger partial charge in [-0.15, -0.1) is 10.2 Å². The Hall–Kier alpha value is -2.92. The summed E-state index contributed by atoms with van der Waals surface area (Å²) in [6.45, 7) is 2.01. The van der Waals surface area contributed by atoms with Gasteiger partial charge in [0.1, 0.15) is 0 Å². The number of ether oxygens (including phenoxy) is 1. The van der Waals surface area contributed by atoms with E-state index in [9.17, 15) is 18.0 Å². The third-order valence-electron chi connectivity index (χ3n) is 4.67. The number of amides is 1. The van der Waals surface area contributed by atoms with Crippen LogP contribution >= 0.6 is 11.8 Å². The van der Waals surface area contributed by atoms with Gasteiger partial charge in [-0.2, -0.15) is 13.2 Å². The number of carbonyl (C=O) groups is 1. The largest absolute Gasteiger partial charge is 0.416 e. The van der Waals surface area contributed by atoms with Crippen LogP contribution in [0.2, 0.25) is 0 Å². The Bertz CT molecular complexity index is 1050. The quantitative estimate of drug-likeness (QED) is 0.557. The molecule has 1 aromatic carbocycles. The van der Waals surface area contributed by atoms with Gasteiger partial charge in [-0.05, 0) is 30.3 Å². The SMILES string of the molecule is O=C(CSc1nnc(-c2cccnc2)n1-c1cccc(C(F)(F)F)c1)N1CCOCC1. The minimum Gasteiger partial charge on any atom is -0.378 e. The number of rotatable bonds is 5. The van der Waals surface area contributed by atoms with Gasteiger partial charge < -0.3 is 9.64 Å². The number of morpholine rings is 1. The Morgan fingerprint density at radius 1 is 1.13 bits per heavy atom. The minimum absolute atomic E-state index is 0.0874. The first-order valence-corrected chi connectivity index (χ1v) is 10.4. The van der Waals surface area contributed by atoms with Crippen molar-refractivity contribution in [2.75, 3.05) is 32.1 Å². The summed E-state index contributed by atoms with van der Waals surface area (Å²) in [4.78, 5) is 18.3. The monoisotopic (exact) mass is 449 g/mol. The summed E-state index contributed by atoms with van der Waals surface area (Å²) in [6.07, 6.45) is -1.34. The molecule has 4 rings (SSSR count). The Balaban J connectivity index is 1.68. The highest BCUT2D eigenvalue weighted by atomic mass is 32.2. The van der Waals surface area contributed by atoms with Gasteiger partial charge in [0.05, 0.1) is 30.2 Å². The van der Waals surface area contributed by atoms with Crippen molar-refractivity contribution in [1.82, 2.24) is 24.6 Å². The van der Waals surface area contributed by atoms with E-state index < -0.39 is 11.7 Å². The van der Waals surface area contributed by atoms with Crippen LogP contribution in [0.5, 0.6) is 0 Å². The molecule has 162 valence electrons. The van der Waals surface area contributed by atoms with Gasteiger partial charge >= 0.3 is 6.18 Å². The van der Waals surface area contributed by atoms with Gasteiger partial charge in [0.25, 0.3) is 0 Å². The average molecular weight is 449 g/mol. The maximum atomic E-state index is 13.3. The van der Waals surface area contributed by atoms with Crippen LogP contribution in [0.3, 0.4) is 0 Å². The molecule has 0 saturated carbocycles. The summed E-state index contributed by atoms with van der Waals surface area (Å²) in [7, 11) is 0. The first-order valence-electron chi connectivity index (χ1n) is 9.45. The van der Waals surface area contributed by atoms with Crippen molar-refractivity contribution < 1.29 is 22.7 Å². The van der Waals surface area contributed by atoms with Crippen LogP contribution < -0.4 is 0 Å². The fourth-order valence-electron chi connectivity index (χ4n) is 3.13. The number of hydrogen-bond acceptors (Lipinski definition) is 6. The molecule has 0 radical (unpaired) electrons. The Morgan fingerprint density at radius 2 is 1.94 bits per heavy atom. The summed E-state index contributed by atoms with van der Waals surface area (Å²) in [5.41, 5.74) is 0.0648. The van der Waals surface area contributed by atoms with E-state index in [1.807, 2.05) is 0 Å². The van der Waals surface area contributed by atoms with E-state index in [0.29, 0.717) is 42.8 Å². The third kappa shape index (κ3) is 4.88. The fraction of sp³-hybridized carbons (Fsp3) is 0.300. The number of nitrogens with zero attached hydrogens (tertiary/aromatic N) is 5. The van der Waals surface area contributed by atoms with Crippen molar-refractivity contribution in [2.45, 2.75) is 11.3 Å². The van der Waals surface area contributed by atoms with E-state index in [1.165, 1.54) is 10.6 Å². The summed E-state index contributed by atoms with van der Waals surface area (Å²) in [5, 5.41) is 8.64. The Morgan fingerprint density at radius 3 is 2.65 bits per heavy atom. The molecule has 7 nitrogen and oxygen atoms in total. The molecule has 3 heterocycles. The second-order valence-electron chi connectivity index (χ2n) is 6.71. The number of pyridine rings is 1. The lowest BCUT2D eigenvalue weighted by atomic mass is 10.2. The molecule has 3 aromatic rings. The highest BCUT2D eigenvalue weighted by Crippen LogP contribution is 2.33. The van der Waals surface area contributed by atoms with Gasteiger partial charge in [-0.1, -0.05) is 17.8 Å². The van der Waals surface area contributed by atoms with Crippen molar-refractivity contribution in [3.63, 3.8) is 0 Å². The molecule has 31 heavy (non-hydrogen) atoms. The molecule has 1 fully saturated rings. The van der Waals surface area contributed by atoms with E-state index in [2.05, 4.69) is 15.2 Å². The van der Waals surface area contributed by atoms with E-state index in [4.69, 9.17) is 4.74 Å². The fourth-order valence-corrected chi connectivity index (χ4v) is 3.98. The molecule has 0 aliphatic carbocycles. The van der Waals surface area contributed by atoms with Crippen LogP contribution in [0.25, 0.3) is 17.1 Å². The zero-order chi connectivity index (χ0) is 21.8. The zero-order valence-electron chi connectivity index (χ0n) is 16.2. The van der Waals surface area contributed by atoms with Gasteiger partial charge in [0.15, 0.2) is 11.0 Å². The van der Waals surface area contributed by atoms with E-state index in [0.717, 1.165) is 23.9 Å². The third-order valence-corrected chi connectivity index (χ3v) is 5.59. The number of alkyl halides is 3. The van der Waals surface area contributed by atoms with Crippen molar-refractivity contribution in [3.8, 4) is 17.1 Å². The zero-order valence-corrected chi connectivity index (χ0v) is 17.1. The predicted molar refractivity (Wildman–Crippen MR) is 108 cm³/mol.